The van der Waals surface area contributed by atoms with Gasteiger partial charge in [0.05, 0.1) is 6.54 Å². The molecular weight excluding hydrogens is 493 g/mol. The second-order valence-corrected chi connectivity index (χ2v) is 7.96. The van der Waals surface area contributed by atoms with Crippen LogP contribution in [0, 0.1) is 0 Å². The van der Waals surface area contributed by atoms with E-state index in [4.69, 9.17) is 11.6 Å². The zero-order chi connectivity index (χ0) is 25.2. The molecule has 0 aliphatic carbocycles. The molecule has 0 aliphatic rings. The number of nitrogens with one attached hydrogen (secondary N) is 1. The van der Waals surface area contributed by atoms with Crippen LogP contribution in [0.3, 0.4) is 0 Å². The van der Waals surface area contributed by atoms with E-state index < -0.39 is 17.6 Å². The van der Waals surface area contributed by atoms with E-state index in [1.54, 1.807) is 6.07 Å². The maximum Gasteiger partial charge on any atom is 0.573 e. The summed E-state index contributed by atoms with van der Waals surface area (Å²) in [6.45, 7) is 2.55. The number of aromatic nitrogens is 8. The minimum absolute atomic E-state index is 0.0145. The van der Waals surface area contributed by atoms with Crippen LogP contribution in [0.5, 0.6) is 5.75 Å². The zero-order valence-electron chi connectivity index (χ0n) is 18.4. The Balaban J connectivity index is 1.46. The minimum Gasteiger partial charge on any atom is -0.405 e. The minimum atomic E-state index is -4.82. The van der Waals surface area contributed by atoms with Gasteiger partial charge in [0.25, 0.3) is 5.56 Å². The summed E-state index contributed by atoms with van der Waals surface area (Å²) in [5.41, 5.74) is -0.436. The molecule has 0 bridgehead atoms. The molecule has 35 heavy (non-hydrogen) atoms. The Bertz CT molecular complexity index is 1460. The van der Waals surface area contributed by atoms with Gasteiger partial charge in [-0.25, -0.2) is 4.79 Å². The topological polar surface area (TPSA) is 126 Å². The van der Waals surface area contributed by atoms with Gasteiger partial charge in [0.1, 0.15) is 5.75 Å². The lowest BCUT2D eigenvalue weighted by molar-refractivity contribution is -0.274. The van der Waals surface area contributed by atoms with Crippen molar-refractivity contribution in [3.63, 3.8) is 0 Å². The number of rotatable bonds is 9. The molecule has 3 aromatic heterocycles. The normalized spacial score (nSPS) is 11.9. The molecule has 0 radical (unpaired) electrons. The fourth-order valence-electron chi connectivity index (χ4n) is 3.62. The van der Waals surface area contributed by atoms with Gasteiger partial charge < -0.3 is 9.72 Å². The van der Waals surface area contributed by atoms with Crippen LogP contribution in [0.1, 0.15) is 31.2 Å². The number of aromatic amines is 1. The highest BCUT2D eigenvalue weighted by Crippen LogP contribution is 2.27. The maximum absolute atomic E-state index is 12.9. The second kappa shape index (κ2) is 9.90. The first-order chi connectivity index (χ1) is 16.7. The summed E-state index contributed by atoms with van der Waals surface area (Å²) in [7, 11) is 0. The van der Waals surface area contributed by atoms with E-state index >= 15 is 0 Å². The van der Waals surface area contributed by atoms with Gasteiger partial charge in [0.2, 0.25) is 5.28 Å². The summed E-state index contributed by atoms with van der Waals surface area (Å²) in [6.07, 6.45) is -3.87. The molecule has 0 fully saturated rings. The molecule has 0 saturated heterocycles. The molecule has 0 aliphatic heterocycles. The molecular formula is C20H20ClF3N8O3. The lowest BCUT2D eigenvalue weighted by Crippen LogP contribution is -2.40. The van der Waals surface area contributed by atoms with Crippen LogP contribution in [-0.4, -0.2) is 45.7 Å². The lowest BCUT2D eigenvalue weighted by Gasteiger charge is -2.12. The summed E-state index contributed by atoms with van der Waals surface area (Å²) >= 11 is 5.90. The Labute approximate surface area is 200 Å². The van der Waals surface area contributed by atoms with E-state index in [0.717, 1.165) is 4.57 Å². The van der Waals surface area contributed by atoms with Crippen LogP contribution in [0.25, 0.3) is 11.2 Å². The first-order valence-electron chi connectivity index (χ1n) is 10.7. The molecule has 0 atom stereocenters. The first kappa shape index (κ1) is 24.4. The van der Waals surface area contributed by atoms with Crippen molar-refractivity contribution in [3.05, 3.63) is 61.8 Å². The summed E-state index contributed by atoms with van der Waals surface area (Å²) < 4.78 is 44.4. The highest BCUT2D eigenvalue weighted by atomic mass is 35.5. The van der Waals surface area contributed by atoms with Crippen molar-refractivity contribution in [3.8, 4) is 5.75 Å². The van der Waals surface area contributed by atoms with E-state index in [0.29, 0.717) is 19.4 Å². The van der Waals surface area contributed by atoms with Gasteiger partial charge in [-0.1, -0.05) is 25.1 Å². The summed E-state index contributed by atoms with van der Waals surface area (Å²) in [5, 5.41) is 12.0. The third kappa shape index (κ3) is 5.53. The molecule has 1 N–H and O–H groups in total. The zero-order valence-corrected chi connectivity index (χ0v) is 19.2. The number of ether oxygens (including phenoxy) is 1. The molecule has 4 aromatic rings. The van der Waals surface area contributed by atoms with Gasteiger partial charge in [-0.05, 0) is 35.7 Å². The van der Waals surface area contributed by atoms with Crippen LogP contribution in [0.4, 0.5) is 13.2 Å². The number of benzene rings is 1. The number of tetrazole rings is 1. The fraction of sp³-hybridized carbons (Fsp3) is 0.400. The van der Waals surface area contributed by atoms with Gasteiger partial charge in [-0.2, -0.15) is 9.78 Å². The number of hydrogen-bond donors (Lipinski definition) is 1. The number of para-hydroxylation sites is 1. The second-order valence-electron chi connectivity index (χ2n) is 7.60. The average molecular weight is 513 g/mol. The van der Waals surface area contributed by atoms with Gasteiger partial charge in [-0.3, -0.25) is 13.9 Å². The standard InChI is InChI=1S/C20H20ClF3N8O3/c1-2-8-30-16-15(25-18(21)26-16)17(33)31(19(30)34)9-5-10-32-28-14(27-29-32)11-12-6-3-4-7-13(12)35-20(22,23)24/h3-4,6-7H,2,5,8-11H2,1H3,(H,25,26). The largest absolute Gasteiger partial charge is 0.573 e. The third-order valence-corrected chi connectivity index (χ3v) is 5.24. The number of nitrogens with zero attached hydrogens (tertiary/aromatic N) is 7. The van der Waals surface area contributed by atoms with E-state index in [2.05, 4.69) is 30.1 Å². The SMILES string of the molecule is CCCn1c(=O)n(CCCn2nnc(Cc3ccccc3OC(F)(F)F)n2)c(=O)c2[nH]c(Cl)nc21. The van der Waals surface area contributed by atoms with E-state index in [1.807, 2.05) is 6.92 Å². The Morgan fingerprint density at radius 2 is 1.89 bits per heavy atom. The molecule has 15 heteroatoms. The molecule has 0 spiro atoms. The Morgan fingerprint density at radius 1 is 1.11 bits per heavy atom. The number of aryl methyl sites for hydroxylation is 2. The molecule has 1 aromatic carbocycles. The monoisotopic (exact) mass is 512 g/mol. The van der Waals surface area contributed by atoms with Crippen molar-refractivity contribution in [2.45, 2.75) is 52.2 Å². The molecule has 0 unspecified atom stereocenters. The Hall–Kier alpha value is -3.68. The number of fused-ring (bicyclic) bond motifs is 1. The van der Waals surface area contributed by atoms with Crippen LogP contribution < -0.4 is 16.0 Å². The molecule has 186 valence electrons. The smallest absolute Gasteiger partial charge is 0.405 e. The van der Waals surface area contributed by atoms with E-state index in [9.17, 15) is 22.8 Å². The van der Waals surface area contributed by atoms with Crippen LogP contribution >= 0.6 is 11.6 Å². The van der Waals surface area contributed by atoms with Crippen molar-refractivity contribution in [1.82, 2.24) is 39.3 Å². The predicted molar refractivity (Wildman–Crippen MR) is 118 cm³/mol. The van der Waals surface area contributed by atoms with Crippen molar-refractivity contribution >= 4 is 22.8 Å². The van der Waals surface area contributed by atoms with E-state index in [1.165, 1.54) is 27.6 Å². The first-order valence-corrected chi connectivity index (χ1v) is 11.0. The number of alkyl halides is 3. The van der Waals surface area contributed by atoms with Gasteiger partial charge in [0, 0.05) is 25.1 Å². The summed E-state index contributed by atoms with van der Waals surface area (Å²) in [5.74, 6) is -0.146. The summed E-state index contributed by atoms with van der Waals surface area (Å²) in [6, 6.07) is 5.70. The van der Waals surface area contributed by atoms with Crippen LogP contribution in [-0.2, 0) is 26.1 Å². The van der Waals surface area contributed by atoms with Gasteiger partial charge in [-0.15, -0.1) is 23.4 Å². The number of hydrogen-bond acceptors (Lipinski definition) is 7. The van der Waals surface area contributed by atoms with E-state index in [-0.39, 0.29) is 53.1 Å². The van der Waals surface area contributed by atoms with Crippen molar-refractivity contribution in [1.29, 1.82) is 0 Å². The van der Waals surface area contributed by atoms with Crippen LogP contribution in [0.15, 0.2) is 33.9 Å². The maximum atomic E-state index is 12.9. The average Bonchev–Trinajstić information content (AvgIpc) is 3.40. The van der Waals surface area contributed by atoms with Crippen LogP contribution in [0.2, 0.25) is 5.28 Å². The highest BCUT2D eigenvalue weighted by molar-refractivity contribution is 6.28. The third-order valence-electron chi connectivity index (χ3n) is 5.06. The van der Waals surface area contributed by atoms with Gasteiger partial charge in [0.15, 0.2) is 17.0 Å². The number of halogens is 4. The predicted octanol–water partition coefficient (Wildman–Crippen LogP) is 2.52. The lowest BCUT2D eigenvalue weighted by atomic mass is 10.1. The molecule has 3 heterocycles. The number of imidazole rings is 1. The molecule has 0 amide bonds. The Morgan fingerprint density at radius 3 is 2.63 bits per heavy atom. The van der Waals surface area contributed by atoms with Crippen molar-refractivity contribution < 1.29 is 17.9 Å². The van der Waals surface area contributed by atoms with Crippen molar-refractivity contribution in [2.75, 3.05) is 0 Å². The summed E-state index contributed by atoms with van der Waals surface area (Å²) in [4.78, 5) is 33.6. The van der Waals surface area contributed by atoms with Crippen molar-refractivity contribution in [2.24, 2.45) is 0 Å². The quantitative estimate of drug-likeness (QED) is 0.341. The number of H-pyrrole nitrogens is 1. The molecule has 11 nitrogen and oxygen atoms in total. The van der Waals surface area contributed by atoms with Gasteiger partial charge >= 0.3 is 12.1 Å². The fourth-order valence-corrected chi connectivity index (χ4v) is 3.79. The molecule has 4 rings (SSSR count). The highest BCUT2D eigenvalue weighted by Gasteiger charge is 2.32. The molecule has 0 saturated carbocycles. The Kier molecular flexibility index (Phi) is 6.91.